The van der Waals surface area contributed by atoms with Crippen LogP contribution in [-0.4, -0.2) is 6.29 Å². The summed E-state index contributed by atoms with van der Waals surface area (Å²) in [6.07, 6.45) is 0.675. The van der Waals surface area contributed by atoms with Crippen LogP contribution in [0.1, 0.15) is 10.4 Å². The van der Waals surface area contributed by atoms with E-state index in [0.29, 0.717) is 16.7 Å². The van der Waals surface area contributed by atoms with Crippen molar-refractivity contribution in [3.8, 4) is 0 Å². The van der Waals surface area contributed by atoms with Gasteiger partial charge in [-0.2, -0.15) is 0 Å². The van der Waals surface area contributed by atoms with Crippen molar-refractivity contribution in [2.45, 2.75) is 9.79 Å². The zero-order valence-electron chi connectivity index (χ0n) is 8.39. The van der Waals surface area contributed by atoms with Gasteiger partial charge in [0.05, 0.1) is 4.90 Å². The van der Waals surface area contributed by atoms with Gasteiger partial charge in [0.15, 0.2) is 6.29 Å². The summed E-state index contributed by atoms with van der Waals surface area (Å²) in [5.74, 6) is -0.363. The third-order valence-electron chi connectivity index (χ3n) is 2.09. The number of benzene rings is 2. The summed E-state index contributed by atoms with van der Waals surface area (Å²) in [4.78, 5) is 12.1. The van der Waals surface area contributed by atoms with Crippen LogP contribution < -0.4 is 0 Å². The topological polar surface area (TPSA) is 17.1 Å². The second-order valence-electron chi connectivity index (χ2n) is 3.19. The Hall–Kier alpha value is -1.61. The van der Waals surface area contributed by atoms with Crippen molar-refractivity contribution in [2.75, 3.05) is 0 Å². The first-order valence-corrected chi connectivity index (χ1v) is 5.59. The number of carbonyl (C=O) groups is 1. The summed E-state index contributed by atoms with van der Waals surface area (Å²) >= 11 is 1.26. The van der Waals surface area contributed by atoms with Crippen LogP contribution in [0.15, 0.2) is 58.3 Å². The predicted octanol–water partition coefficient (Wildman–Crippen LogP) is 3.79. The van der Waals surface area contributed by atoms with Crippen LogP contribution in [0.3, 0.4) is 0 Å². The molecule has 0 aliphatic rings. The highest BCUT2D eigenvalue weighted by molar-refractivity contribution is 7.99. The number of aldehydes is 1. The van der Waals surface area contributed by atoms with E-state index >= 15 is 0 Å². The number of rotatable bonds is 3. The summed E-state index contributed by atoms with van der Waals surface area (Å²) in [5, 5.41) is 0. The lowest BCUT2D eigenvalue weighted by atomic mass is 10.2. The smallest absolute Gasteiger partial charge is 0.151 e. The molecule has 0 radical (unpaired) electrons. The fourth-order valence-electron chi connectivity index (χ4n) is 1.33. The van der Waals surface area contributed by atoms with Gasteiger partial charge in [0.2, 0.25) is 0 Å². The molecular formula is C13H9FOS. The van der Waals surface area contributed by atoms with E-state index in [9.17, 15) is 9.18 Å². The molecular weight excluding hydrogens is 223 g/mol. The van der Waals surface area contributed by atoms with E-state index in [4.69, 9.17) is 0 Å². The average molecular weight is 232 g/mol. The minimum absolute atomic E-state index is 0.363. The molecule has 0 saturated heterocycles. The highest BCUT2D eigenvalue weighted by Gasteiger charge is 2.08. The fourth-order valence-corrected chi connectivity index (χ4v) is 2.26. The van der Waals surface area contributed by atoms with Crippen molar-refractivity contribution in [1.82, 2.24) is 0 Å². The summed E-state index contributed by atoms with van der Waals surface area (Å²) in [7, 11) is 0. The molecule has 0 atom stereocenters. The summed E-state index contributed by atoms with van der Waals surface area (Å²) in [5.41, 5.74) is 0.383. The van der Waals surface area contributed by atoms with E-state index < -0.39 is 0 Å². The van der Waals surface area contributed by atoms with Crippen LogP contribution in [0.4, 0.5) is 4.39 Å². The maximum atomic E-state index is 13.5. The SMILES string of the molecule is O=Cc1cccc(F)c1Sc1ccccc1. The van der Waals surface area contributed by atoms with E-state index in [1.165, 1.54) is 23.9 Å². The van der Waals surface area contributed by atoms with E-state index in [1.807, 2.05) is 30.3 Å². The first-order chi connectivity index (χ1) is 7.81. The molecule has 0 amide bonds. The van der Waals surface area contributed by atoms with Gasteiger partial charge < -0.3 is 0 Å². The van der Waals surface area contributed by atoms with Gasteiger partial charge in [0, 0.05) is 10.5 Å². The molecule has 0 aromatic heterocycles. The van der Waals surface area contributed by atoms with Crippen LogP contribution in [0.2, 0.25) is 0 Å². The van der Waals surface area contributed by atoms with Gasteiger partial charge in [-0.05, 0) is 18.2 Å². The fraction of sp³-hybridized carbons (Fsp3) is 0. The molecule has 80 valence electrons. The Bertz CT molecular complexity index is 497. The number of hydrogen-bond acceptors (Lipinski definition) is 2. The highest BCUT2D eigenvalue weighted by Crippen LogP contribution is 2.31. The lowest BCUT2D eigenvalue weighted by molar-refractivity contribution is 0.112. The summed E-state index contributed by atoms with van der Waals surface area (Å²) < 4.78 is 13.5. The molecule has 0 aliphatic heterocycles. The van der Waals surface area contributed by atoms with Gasteiger partial charge in [0.1, 0.15) is 5.82 Å². The molecule has 0 unspecified atom stereocenters. The maximum absolute atomic E-state index is 13.5. The lowest BCUT2D eigenvalue weighted by Gasteiger charge is -2.05. The minimum Gasteiger partial charge on any atom is -0.298 e. The quantitative estimate of drug-likeness (QED) is 0.749. The predicted molar refractivity (Wildman–Crippen MR) is 62.4 cm³/mol. The van der Waals surface area contributed by atoms with E-state index in [0.717, 1.165) is 4.90 Å². The lowest BCUT2D eigenvalue weighted by Crippen LogP contribution is -1.89. The average Bonchev–Trinajstić information content (AvgIpc) is 2.33. The number of hydrogen-bond donors (Lipinski definition) is 0. The normalized spacial score (nSPS) is 10.1. The molecule has 0 heterocycles. The molecule has 0 fully saturated rings. The van der Waals surface area contributed by atoms with Gasteiger partial charge >= 0.3 is 0 Å². The third kappa shape index (κ3) is 2.31. The molecule has 0 spiro atoms. The van der Waals surface area contributed by atoms with Crippen molar-refractivity contribution in [3.63, 3.8) is 0 Å². The number of carbonyl (C=O) groups excluding carboxylic acids is 1. The zero-order chi connectivity index (χ0) is 11.4. The number of halogens is 1. The van der Waals surface area contributed by atoms with Gasteiger partial charge in [-0.3, -0.25) is 4.79 Å². The van der Waals surface area contributed by atoms with Crippen LogP contribution in [0.5, 0.6) is 0 Å². The van der Waals surface area contributed by atoms with Crippen molar-refractivity contribution in [2.24, 2.45) is 0 Å². The molecule has 0 saturated carbocycles. The van der Waals surface area contributed by atoms with Crippen molar-refractivity contribution in [3.05, 3.63) is 59.9 Å². The summed E-state index contributed by atoms with van der Waals surface area (Å²) in [6, 6.07) is 13.9. The molecule has 16 heavy (non-hydrogen) atoms. The van der Waals surface area contributed by atoms with E-state index in [2.05, 4.69) is 0 Å². The van der Waals surface area contributed by atoms with Crippen molar-refractivity contribution in [1.29, 1.82) is 0 Å². The molecule has 1 nitrogen and oxygen atoms in total. The minimum atomic E-state index is -0.363. The Morgan fingerprint density at radius 3 is 2.44 bits per heavy atom. The summed E-state index contributed by atoms with van der Waals surface area (Å²) in [6.45, 7) is 0. The Kier molecular flexibility index (Phi) is 3.37. The van der Waals surface area contributed by atoms with Crippen LogP contribution in [-0.2, 0) is 0 Å². The Morgan fingerprint density at radius 2 is 1.75 bits per heavy atom. The Morgan fingerprint density at radius 1 is 1.00 bits per heavy atom. The zero-order valence-corrected chi connectivity index (χ0v) is 9.21. The molecule has 2 aromatic rings. The van der Waals surface area contributed by atoms with Crippen LogP contribution in [0.25, 0.3) is 0 Å². The highest BCUT2D eigenvalue weighted by atomic mass is 32.2. The van der Waals surface area contributed by atoms with Crippen molar-refractivity contribution >= 4 is 18.0 Å². The van der Waals surface area contributed by atoms with Gasteiger partial charge in [-0.15, -0.1) is 0 Å². The largest absolute Gasteiger partial charge is 0.298 e. The standard InChI is InChI=1S/C13H9FOS/c14-12-8-4-5-10(9-15)13(12)16-11-6-2-1-3-7-11/h1-9H. The second kappa shape index (κ2) is 4.94. The first-order valence-electron chi connectivity index (χ1n) is 4.78. The Labute approximate surface area is 97.3 Å². The molecule has 2 rings (SSSR count). The van der Waals surface area contributed by atoms with E-state index in [-0.39, 0.29) is 5.82 Å². The first kappa shape index (κ1) is 10.9. The van der Waals surface area contributed by atoms with Crippen molar-refractivity contribution < 1.29 is 9.18 Å². The Balaban J connectivity index is 2.38. The second-order valence-corrected chi connectivity index (χ2v) is 4.27. The molecule has 0 aliphatic carbocycles. The molecule has 3 heteroatoms. The monoisotopic (exact) mass is 232 g/mol. The van der Waals surface area contributed by atoms with Gasteiger partial charge in [-0.25, -0.2) is 4.39 Å². The van der Waals surface area contributed by atoms with Gasteiger partial charge in [0.25, 0.3) is 0 Å². The maximum Gasteiger partial charge on any atom is 0.151 e. The van der Waals surface area contributed by atoms with Crippen LogP contribution >= 0.6 is 11.8 Å². The molecule has 2 aromatic carbocycles. The molecule has 0 N–H and O–H groups in total. The molecule has 0 bridgehead atoms. The third-order valence-corrected chi connectivity index (χ3v) is 3.23. The van der Waals surface area contributed by atoms with Crippen LogP contribution in [0, 0.1) is 5.82 Å². The van der Waals surface area contributed by atoms with Gasteiger partial charge in [-0.1, -0.05) is 42.1 Å². The van der Waals surface area contributed by atoms with E-state index in [1.54, 1.807) is 6.07 Å².